The number of carbonyl (C=O) groups excluding carboxylic acids is 2. The number of ether oxygens (including phenoxy) is 1. The number of cyclic esters (lactones) is 1. The molecule has 0 unspecified atom stereocenters. The number of hydrogen-bond acceptors (Lipinski definition) is 5. The van der Waals surface area contributed by atoms with Crippen molar-refractivity contribution in [2.24, 2.45) is 4.99 Å². The Morgan fingerprint density at radius 2 is 2.04 bits per heavy atom. The fraction of sp³-hybridized carbons (Fsp3) is 0.0625. The van der Waals surface area contributed by atoms with Crippen molar-refractivity contribution >= 4 is 40.9 Å². The maximum Gasteiger partial charge on any atom is 0.471 e. The number of carbonyl (C=O) groups is 2. The van der Waals surface area contributed by atoms with Crippen LogP contribution in [0, 0.1) is 0 Å². The first kappa shape index (κ1) is 16.9. The van der Waals surface area contributed by atoms with Crippen LogP contribution < -0.4 is 5.32 Å². The van der Waals surface area contributed by atoms with Crippen molar-refractivity contribution in [3.8, 4) is 0 Å². The maximum atomic E-state index is 12.3. The van der Waals surface area contributed by atoms with E-state index in [0.717, 1.165) is 0 Å². The zero-order chi connectivity index (χ0) is 18.0. The van der Waals surface area contributed by atoms with E-state index in [1.807, 2.05) is 0 Å². The molecule has 1 aromatic heterocycles. The van der Waals surface area contributed by atoms with Crippen molar-refractivity contribution in [2.45, 2.75) is 6.18 Å². The number of thiophene rings is 1. The monoisotopic (exact) mass is 366 g/mol. The van der Waals surface area contributed by atoms with Crippen LogP contribution in [0.4, 0.5) is 18.9 Å². The second kappa shape index (κ2) is 6.52. The molecule has 5 nitrogen and oxygen atoms in total. The van der Waals surface area contributed by atoms with Crippen LogP contribution in [0.5, 0.6) is 0 Å². The number of rotatable bonds is 3. The second-order valence-corrected chi connectivity index (χ2v) is 5.84. The molecular weight excluding hydrogens is 357 g/mol. The van der Waals surface area contributed by atoms with Gasteiger partial charge in [-0.15, -0.1) is 11.3 Å². The lowest BCUT2D eigenvalue weighted by molar-refractivity contribution is -0.167. The predicted octanol–water partition coefficient (Wildman–Crippen LogP) is 3.59. The largest absolute Gasteiger partial charge is 0.471 e. The molecule has 1 aliphatic heterocycles. The maximum absolute atomic E-state index is 12.3. The van der Waals surface area contributed by atoms with Gasteiger partial charge in [-0.25, -0.2) is 9.79 Å². The molecule has 9 heteroatoms. The van der Waals surface area contributed by atoms with Crippen molar-refractivity contribution in [1.82, 2.24) is 0 Å². The van der Waals surface area contributed by atoms with Gasteiger partial charge in [0, 0.05) is 5.69 Å². The van der Waals surface area contributed by atoms with Gasteiger partial charge in [0.25, 0.3) is 0 Å². The van der Waals surface area contributed by atoms with Gasteiger partial charge in [0.05, 0.1) is 4.88 Å². The van der Waals surface area contributed by atoms with Gasteiger partial charge in [0.15, 0.2) is 5.70 Å². The van der Waals surface area contributed by atoms with Gasteiger partial charge in [0.2, 0.25) is 5.90 Å². The number of hydrogen-bond donors (Lipinski definition) is 1. The lowest BCUT2D eigenvalue weighted by atomic mass is 10.1. The standard InChI is InChI=1S/C16H9F3N2O3S/c17-16(18,19)15(23)20-10-4-1-3-9(7-10)8-11-14(22)24-13(21-11)12-5-2-6-25-12/h1-8H,(H,20,23). The van der Waals surface area contributed by atoms with Crippen molar-refractivity contribution < 1.29 is 27.5 Å². The van der Waals surface area contributed by atoms with E-state index < -0.39 is 18.1 Å². The lowest BCUT2D eigenvalue weighted by Gasteiger charge is -2.08. The highest BCUT2D eigenvalue weighted by atomic mass is 32.1. The zero-order valence-electron chi connectivity index (χ0n) is 12.3. The molecule has 1 N–H and O–H groups in total. The first-order valence-electron chi connectivity index (χ1n) is 6.87. The number of aliphatic imine (C=N–C) groups is 1. The van der Waals surface area contributed by atoms with Gasteiger partial charge in [-0.3, -0.25) is 4.79 Å². The molecule has 25 heavy (non-hydrogen) atoms. The van der Waals surface area contributed by atoms with E-state index in [2.05, 4.69) is 4.99 Å². The number of amides is 1. The molecular formula is C16H9F3N2O3S. The molecule has 1 aromatic carbocycles. The fourth-order valence-corrected chi connectivity index (χ4v) is 2.63. The first-order valence-corrected chi connectivity index (χ1v) is 7.75. The van der Waals surface area contributed by atoms with E-state index in [4.69, 9.17) is 4.74 Å². The van der Waals surface area contributed by atoms with E-state index in [0.29, 0.717) is 10.4 Å². The van der Waals surface area contributed by atoms with Gasteiger partial charge in [-0.05, 0) is 35.2 Å². The average molecular weight is 366 g/mol. The normalized spacial score (nSPS) is 15.9. The van der Waals surface area contributed by atoms with Crippen LogP contribution in [0.3, 0.4) is 0 Å². The quantitative estimate of drug-likeness (QED) is 0.667. The molecule has 0 atom stereocenters. The highest BCUT2D eigenvalue weighted by molar-refractivity contribution is 7.12. The smallest absolute Gasteiger partial charge is 0.401 e. The molecule has 0 spiro atoms. The molecule has 2 heterocycles. The van der Waals surface area contributed by atoms with Crippen LogP contribution in [-0.4, -0.2) is 24.0 Å². The predicted molar refractivity (Wildman–Crippen MR) is 86.1 cm³/mol. The summed E-state index contributed by atoms with van der Waals surface area (Å²) < 4.78 is 41.9. The number of nitrogens with one attached hydrogen (secondary N) is 1. The summed E-state index contributed by atoms with van der Waals surface area (Å²) in [5, 5.41) is 3.55. The molecule has 0 fully saturated rings. The lowest BCUT2D eigenvalue weighted by Crippen LogP contribution is -2.29. The Kier molecular flexibility index (Phi) is 4.41. The molecule has 0 saturated heterocycles. The van der Waals surface area contributed by atoms with E-state index in [-0.39, 0.29) is 17.3 Å². The summed E-state index contributed by atoms with van der Waals surface area (Å²) in [6.07, 6.45) is -3.62. The summed E-state index contributed by atoms with van der Waals surface area (Å²) in [6, 6.07) is 9.13. The molecule has 0 radical (unpaired) electrons. The van der Waals surface area contributed by atoms with Crippen LogP contribution >= 0.6 is 11.3 Å². The number of esters is 1. The van der Waals surface area contributed by atoms with Crippen LogP contribution in [0.1, 0.15) is 10.4 Å². The Balaban J connectivity index is 1.83. The number of benzene rings is 1. The molecule has 2 aromatic rings. The van der Waals surface area contributed by atoms with Gasteiger partial charge in [-0.1, -0.05) is 18.2 Å². The zero-order valence-corrected chi connectivity index (χ0v) is 13.1. The van der Waals surface area contributed by atoms with E-state index in [1.165, 1.54) is 35.6 Å². The number of anilines is 1. The minimum absolute atomic E-state index is 0.0164. The van der Waals surface area contributed by atoms with Crippen LogP contribution in [0.25, 0.3) is 6.08 Å². The Hall–Kier alpha value is -2.94. The Morgan fingerprint density at radius 3 is 2.72 bits per heavy atom. The fourth-order valence-electron chi connectivity index (χ4n) is 1.98. The summed E-state index contributed by atoms with van der Waals surface area (Å²) in [6.45, 7) is 0. The number of halogens is 3. The van der Waals surface area contributed by atoms with Crippen LogP contribution in [-0.2, 0) is 14.3 Å². The van der Waals surface area contributed by atoms with Gasteiger partial charge >= 0.3 is 18.1 Å². The molecule has 0 bridgehead atoms. The van der Waals surface area contributed by atoms with E-state index in [9.17, 15) is 22.8 Å². The molecule has 0 saturated carbocycles. The molecule has 1 amide bonds. The van der Waals surface area contributed by atoms with Crippen molar-refractivity contribution in [1.29, 1.82) is 0 Å². The number of alkyl halides is 3. The summed E-state index contributed by atoms with van der Waals surface area (Å²) in [7, 11) is 0. The average Bonchev–Trinajstić information content (AvgIpc) is 3.17. The summed E-state index contributed by atoms with van der Waals surface area (Å²) >= 11 is 1.35. The molecule has 0 aliphatic carbocycles. The first-order chi connectivity index (χ1) is 11.8. The summed E-state index contributed by atoms with van der Waals surface area (Å²) in [5.41, 5.74) is 0.358. The van der Waals surface area contributed by atoms with Crippen molar-refractivity contribution in [2.75, 3.05) is 5.32 Å². The van der Waals surface area contributed by atoms with Crippen molar-refractivity contribution in [3.63, 3.8) is 0 Å². The third-order valence-corrected chi connectivity index (χ3v) is 3.92. The Bertz CT molecular complexity index is 886. The minimum Gasteiger partial charge on any atom is -0.401 e. The molecule has 3 rings (SSSR count). The van der Waals surface area contributed by atoms with Crippen LogP contribution in [0.2, 0.25) is 0 Å². The number of nitrogens with zero attached hydrogens (tertiary/aromatic N) is 1. The van der Waals surface area contributed by atoms with Crippen LogP contribution in [0.15, 0.2) is 52.5 Å². The van der Waals surface area contributed by atoms with Gasteiger partial charge < -0.3 is 10.1 Å². The third kappa shape index (κ3) is 3.94. The second-order valence-electron chi connectivity index (χ2n) is 4.89. The van der Waals surface area contributed by atoms with E-state index in [1.54, 1.807) is 28.9 Å². The van der Waals surface area contributed by atoms with E-state index >= 15 is 0 Å². The van der Waals surface area contributed by atoms with Gasteiger partial charge in [0.1, 0.15) is 0 Å². The summed E-state index contributed by atoms with van der Waals surface area (Å²) in [5.74, 6) is -2.56. The SMILES string of the molecule is O=C1OC(c2cccs2)=NC1=Cc1cccc(NC(=O)C(F)(F)F)c1. The summed E-state index contributed by atoms with van der Waals surface area (Å²) in [4.78, 5) is 27.6. The molecule has 1 aliphatic rings. The third-order valence-electron chi connectivity index (χ3n) is 3.06. The minimum atomic E-state index is -4.98. The van der Waals surface area contributed by atoms with Crippen molar-refractivity contribution in [3.05, 3.63) is 57.9 Å². The Labute approximate surface area is 143 Å². The Morgan fingerprint density at radius 1 is 1.24 bits per heavy atom. The molecule has 128 valence electrons. The highest BCUT2D eigenvalue weighted by Crippen LogP contribution is 2.23. The highest BCUT2D eigenvalue weighted by Gasteiger charge is 2.38. The topological polar surface area (TPSA) is 67.8 Å². The van der Waals surface area contributed by atoms with Gasteiger partial charge in [-0.2, -0.15) is 13.2 Å².